The van der Waals surface area contributed by atoms with E-state index in [0.717, 1.165) is 12.1 Å². The van der Waals surface area contributed by atoms with Gasteiger partial charge in [-0.05, 0) is 31.0 Å². The van der Waals surface area contributed by atoms with Crippen LogP contribution < -0.4 is 10.6 Å². The Hall–Kier alpha value is -1.86. The van der Waals surface area contributed by atoms with Gasteiger partial charge in [-0.15, -0.1) is 0 Å². The molecule has 1 aliphatic rings. The number of nitrogens with one attached hydrogen (secondary N) is 2. The summed E-state index contributed by atoms with van der Waals surface area (Å²) in [6.07, 6.45) is 0. The van der Waals surface area contributed by atoms with Gasteiger partial charge in [-0.25, -0.2) is 0 Å². The Kier molecular flexibility index (Phi) is 3.63. The van der Waals surface area contributed by atoms with E-state index in [9.17, 15) is 4.79 Å². The predicted molar refractivity (Wildman–Crippen MR) is 70.0 cm³/mol. The highest BCUT2D eigenvalue weighted by Crippen LogP contribution is 2.22. The van der Waals surface area contributed by atoms with Crippen LogP contribution in [0, 0.1) is 30.1 Å². The fourth-order valence-corrected chi connectivity index (χ4v) is 2.31. The van der Waals surface area contributed by atoms with Crippen LogP contribution in [0.1, 0.15) is 18.1 Å². The lowest BCUT2D eigenvalue weighted by Crippen LogP contribution is -2.28. The normalized spacial score (nSPS) is 22.5. The molecular formula is C14H17N3O. The van der Waals surface area contributed by atoms with Crippen LogP contribution in [0.15, 0.2) is 18.2 Å². The summed E-state index contributed by atoms with van der Waals surface area (Å²) in [5, 5.41) is 15.2. The van der Waals surface area contributed by atoms with Crippen LogP contribution in [0.5, 0.6) is 0 Å². The van der Waals surface area contributed by atoms with Gasteiger partial charge in [0.05, 0.1) is 17.2 Å². The number of nitrogens with zero attached hydrogens (tertiary/aromatic N) is 1. The second kappa shape index (κ2) is 5.19. The van der Waals surface area contributed by atoms with Gasteiger partial charge in [0, 0.05) is 6.54 Å². The zero-order valence-corrected chi connectivity index (χ0v) is 10.7. The van der Waals surface area contributed by atoms with Gasteiger partial charge in [0.25, 0.3) is 0 Å². The van der Waals surface area contributed by atoms with Crippen molar-refractivity contribution >= 4 is 11.6 Å². The molecule has 94 valence electrons. The first-order chi connectivity index (χ1) is 8.63. The first kappa shape index (κ1) is 12.6. The molecule has 0 aromatic heterocycles. The van der Waals surface area contributed by atoms with Crippen molar-refractivity contribution in [2.75, 3.05) is 18.4 Å². The number of carbonyl (C=O) groups excluding carboxylic acids is 1. The molecule has 1 aliphatic heterocycles. The third-order valence-corrected chi connectivity index (χ3v) is 3.50. The first-order valence-corrected chi connectivity index (χ1v) is 6.14. The smallest absolute Gasteiger partial charge is 0.229 e. The van der Waals surface area contributed by atoms with E-state index < -0.39 is 0 Å². The summed E-state index contributed by atoms with van der Waals surface area (Å²) in [6.45, 7) is 5.51. The highest BCUT2D eigenvalue weighted by atomic mass is 16.1. The van der Waals surface area contributed by atoms with Crippen LogP contribution in [0.2, 0.25) is 0 Å². The molecule has 0 saturated carbocycles. The molecule has 1 heterocycles. The number of aryl methyl sites for hydroxylation is 1. The fourth-order valence-electron chi connectivity index (χ4n) is 2.31. The Balaban J connectivity index is 2.17. The lowest BCUT2D eigenvalue weighted by Gasteiger charge is -2.15. The summed E-state index contributed by atoms with van der Waals surface area (Å²) in [7, 11) is 0. The Morgan fingerprint density at radius 2 is 2.28 bits per heavy atom. The van der Waals surface area contributed by atoms with Gasteiger partial charge in [-0.3, -0.25) is 4.79 Å². The van der Waals surface area contributed by atoms with Crippen molar-refractivity contribution < 1.29 is 4.79 Å². The van der Waals surface area contributed by atoms with Gasteiger partial charge in [-0.1, -0.05) is 19.1 Å². The number of hydrogen-bond acceptors (Lipinski definition) is 3. The highest BCUT2D eigenvalue weighted by molar-refractivity contribution is 5.94. The van der Waals surface area contributed by atoms with Gasteiger partial charge in [0.15, 0.2) is 0 Å². The summed E-state index contributed by atoms with van der Waals surface area (Å²) >= 11 is 0. The molecule has 0 aliphatic carbocycles. The fraction of sp³-hybridized carbons (Fsp3) is 0.429. The van der Waals surface area contributed by atoms with E-state index in [1.54, 1.807) is 6.07 Å². The molecule has 2 atom stereocenters. The van der Waals surface area contributed by atoms with Crippen molar-refractivity contribution in [3.63, 3.8) is 0 Å². The number of nitriles is 1. The van der Waals surface area contributed by atoms with E-state index in [2.05, 4.69) is 23.6 Å². The van der Waals surface area contributed by atoms with Crippen LogP contribution in [-0.4, -0.2) is 19.0 Å². The summed E-state index contributed by atoms with van der Waals surface area (Å²) < 4.78 is 0. The standard InChI is InChI=1S/C14H17N3O/c1-9-4-3-5-13(11(9)6-15)17-14(18)12-8-16-7-10(12)2/h3-5,10,12,16H,7-8H2,1-2H3,(H,17,18)/t10-,12-/m1/s1. The predicted octanol–water partition coefficient (Wildman–Crippen LogP) is 1.66. The molecule has 0 spiro atoms. The number of carbonyl (C=O) groups is 1. The molecule has 4 nitrogen and oxygen atoms in total. The summed E-state index contributed by atoms with van der Waals surface area (Å²) in [5.74, 6) is 0.312. The Labute approximate surface area is 107 Å². The van der Waals surface area contributed by atoms with E-state index in [1.165, 1.54) is 0 Å². The molecule has 2 N–H and O–H groups in total. The lowest BCUT2D eigenvalue weighted by atomic mass is 9.97. The van der Waals surface area contributed by atoms with Crippen LogP contribution in [0.25, 0.3) is 0 Å². The van der Waals surface area contributed by atoms with Crippen molar-refractivity contribution in [3.8, 4) is 6.07 Å². The first-order valence-electron chi connectivity index (χ1n) is 6.14. The molecular weight excluding hydrogens is 226 g/mol. The van der Waals surface area contributed by atoms with E-state index in [-0.39, 0.29) is 11.8 Å². The van der Waals surface area contributed by atoms with Crippen molar-refractivity contribution in [2.24, 2.45) is 11.8 Å². The second-order valence-electron chi connectivity index (χ2n) is 4.84. The maximum absolute atomic E-state index is 12.1. The average molecular weight is 243 g/mol. The topological polar surface area (TPSA) is 64.9 Å². The number of rotatable bonds is 2. The average Bonchev–Trinajstić information content (AvgIpc) is 2.76. The van der Waals surface area contributed by atoms with Crippen LogP contribution in [0.3, 0.4) is 0 Å². The summed E-state index contributed by atoms with van der Waals surface area (Å²) in [4.78, 5) is 12.1. The van der Waals surface area contributed by atoms with Crippen molar-refractivity contribution in [1.82, 2.24) is 5.32 Å². The quantitative estimate of drug-likeness (QED) is 0.830. The molecule has 2 rings (SSSR count). The van der Waals surface area contributed by atoms with Gasteiger partial charge in [0.1, 0.15) is 6.07 Å². The van der Waals surface area contributed by atoms with Crippen LogP contribution >= 0.6 is 0 Å². The minimum Gasteiger partial charge on any atom is -0.325 e. The number of amides is 1. The zero-order valence-electron chi connectivity index (χ0n) is 10.7. The highest BCUT2D eigenvalue weighted by Gasteiger charge is 2.29. The number of anilines is 1. The molecule has 0 unspecified atom stereocenters. The lowest BCUT2D eigenvalue weighted by molar-refractivity contribution is -0.120. The Bertz CT molecular complexity index is 504. The minimum absolute atomic E-state index is 0.00500. The zero-order chi connectivity index (χ0) is 13.1. The van der Waals surface area contributed by atoms with E-state index in [1.807, 2.05) is 19.1 Å². The Morgan fingerprint density at radius 3 is 2.89 bits per heavy atom. The van der Waals surface area contributed by atoms with E-state index in [4.69, 9.17) is 5.26 Å². The third kappa shape index (κ3) is 2.36. The van der Waals surface area contributed by atoms with Crippen molar-refractivity contribution in [2.45, 2.75) is 13.8 Å². The molecule has 0 radical (unpaired) electrons. The van der Waals surface area contributed by atoms with Crippen LogP contribution in [-0.2, 0) is 4.79 Å². The molecule has 1 amide bonds. The van der Waals surface area contributed by atoms with Gasteiger partial charge < -0.3 is 10.6 Å². The van der Waals surface area contributed by atoms with E-state index in [0.29, 0.717) is 23.7 Å². The monoisotopic (exact) mass is 243 g/mol. The summed E-state index contributed by atoms with van der Waals surface area (Å²) in [6, 6.07) is 7.63. The van der Waals surface area contributed by atoms with Crippen LogP contribution in [0.4, 0.5) is 5.69 Å². The second-order valence-corrected chi connectivity index (χ2v) is 4.84. The molecule has 18 heavy (non-hydrogen) atoms. The molecule has 1 fully saturated rings. The third-order valence-electron chi connectivity index (χ3n) is 3.50. The van der Waals surface area contributed by atoms with E-state index >= 15 is 0 Å². The maximum Gasteiger partial charge on any atom is 0.229 e. The molecule has 4 heteroatoms. The number of benzene rings is 1. The molecule has 0 bridgehead atoms. The Morgan fingerprint density at radius 1 is 1.50 bits per heavy atom. The number of hydrogen-bond donors (Lipinski definition) is 2. The SMILES string of the molecule is Cc1cccc(NC(=O)[C@@H]2CNC[C@H]2C)c1C#N. The summed E-state index contributed by atoms with van der Waals surface area (Å²) in [5.41, 5.74) is 2.04. The van der Waals surface area contributed by atoms with Gasteiger partial charge in [0.2, 0.25) is 5.91 Å². The van der Waals surface area contributed by atoms with Gasteiger partial charge in [-0.2, -0.15) is 5.26 Å². The minimum atomic E-state index is -0.0166. The molecule has 1 saturated heterocycles. The molecule has 1 aromatic rings. The van der Waals surface area contributed by atoms with Gasteiger partial charge >= 0.3 is 0 Å². The maximum atomic E-state index is 12.1. The largest absolute Gasteiger partial charge is 0.325 e. The van der Waals surface area contributed by atoms with Crippen molar-refractivity contribution in [1.29, 1.82) is 5.26 Å². The van der Waals surface area contributed by atoms with Crippen molar-refractivity contribution in [3.05, 3.63) is 29.3 Å². The molecule has 1 aromatic carbocycles.